The summed E-state index contributed by atoms with van der Waals surface area (Å²) in [5.41, 5.74) is 0.0173. The molecule has 0 radical (unpaired) electrons. The molecule has 0 atom stereocenters. The molecule has 1 aromatic carbocycles. The molecular formula is C19H16F3N5O2. The maximum atomic E-state index is 14.2. The van der Waals surface area contributed by atoms with Gasteiger partial charge in [0.05, 0.1) is 23.0 Å². The Morgan fingerprint density at radius 2 is 2.00 bits per heavy atom. The van der Waals surface area contributed by atoms with Gasteiger partial charge in [0.2, 0.25) is 24.0 Å². The summed E-state index contributed by atoms with van der Waals surface area (Å²) in [5, 5.41) is 5.04. The Hall–Kier alpha value is -3.43. The molecule has 2 amide bonds. The van der Waals surface area contributed by atoms with Gasteiger partial charge in [-0.1, -0.05) is 6.92 Å². The first kappa shape index (κ1) is 18.9. The molecule has 0 saturated heterocycles. The standard InChI is InChI=1S/C19H16F3N5O2/c1-18(8-19(21,22)9-18)16(29)25-12-5-23-17-26-15(7-27(17)6-12)13-4-11(24-10-28)2-3-14(13)20/h2-7,10H,8-9H2,1H3,(H,24,28)(H,25,29). The molecule has 29 heavy (non-hydrogen) atoms. The number of halogens is 3. The number of hydrogen-bond acceptors (Lipinski definition) is 4. The van der Waals surface area contributed by atoms with Crippen LogP contribution in [0.15, 0.2) is 36.8 Å². The number of imidazole rings is 1. The van der Waals surface area contributed by atoms with Gasteiger partial charge in [-0.05, 0) is 18.2 Å². The van der Waals surface area contributed by atoms with Crippen molar-refractivity contribution in [3.63, 3.8) is 0 Å². The molecule has 1 aliphatic rings. The lowest BCUT2D eigenvalue weighted by Gasteiger charge is -2.43. The number of nitrogens with one attached hydrogen (secondary N) is 2. The van der Waals surface area contributed by atoms with Crippen LogP contribution in [0.3, 0.4) is 0 Å². The van der Waals surface area contributed by atoms with Crippen LogP contribution in [0.2, 0.25) is 0 Å². The Kier molecular flexibility index (Phi) is 4.29. The van der Waals surface area contributed by atoms with Crippen LogP contribution in [0.1, 0.15) is 19.8 Å². The topological polar surface area (TPSA) is 88.4 Å². The van der Waals surface area contributed by atoms with E-state index < -0.39 is 35.9 Å². The molecule has 2 heterocycles. The molecule has 0 aliphatic heterocycles. The first-order valence-corrected chi connectivity index (χ1v) is 8.73. The predicted octanol–water partition coefficient (Wildman–Crippen LogP) is 3.48. The highest BCUT2D eigenvalue weighted by Crippen LogP contribution is 2.52. The second-order valence-corrected chi connectivity index (χ2v) is 7.36. The molecule has 10 heteroatoms. The maximum absolute atomic E-state index is 14.2. The Morgan fingerprint density at radius 1 is 1.24 bits per heavy atom. The quantitative estimate of drug-likeness (QED) is 0.639. The van der Waals surface area contributed by atoms with Crippen molar-refractivity contribution in [3.05, 3.63) is 42.6 Å². The number of alkyl halides is 2. The summed E-state index contributed by atoms with van der Waals surface area (Å²) >= 11 is 0. The number of amides is 2. The summed E-state index contributed by atoms with van der Waals surface area (Å²) in [6.07, 6.45) is 3.87. The largest absolute Gasteiger partial charge is 0.329 e. The number of rotatable bonds is 5. The first-order chi connectivity index (χ1) is 13.7. The van der Waals surface area contributed by atoms with Gasteiger partial charge in [-0.2, -0.15) is 0 Å². The average molecular weight is 403 g/mol. The lowest BCUT2D eigenvalue weighted by molar-refractivity contribution is -0.170. The predicted molar refractivity (Wildman–Crippen MR) is 99.0 cm³/mol. The number of aromatic nitrogens is 3. The number of carbonyl (C=O) groups excluding carboxylic acids is 2. The van der Waals surface area contributed by atoms with E-state index >= 15 is 0 Å². The highest BCUT2D eigenvalue weighted by atomic mass is 19.3. The van der Waals surface area contributed by atoms with Crippen molar-refractivity contribution in [1.82, 2.24) is 14.4 Å². The van der Waals surface area contributed by atoms with Crippen molar-refractivity contribution in [2.75, 3.05) is 10.6 Å². The zero-order chi connectivity index (χ0) is 20.8. The van der Waals surface area contributed by atoms with Crippen molar-refractivity contribution in [3.8, 4) is 11.3 Å². The van der Waals surface area contributed by atoms with E-state index in [4.69, 9.17) is 0 Å². The minimum Gasteiger partial charge on any atom is -0.329 e. The molecule has 0 spiro atoms. The van der Waals surface area contributed by atoms with Crippen molar-refractivity contribution >= 4 is 29.5 Å². The van der Waals surface area contributed by atoms with Crippen molar-refractivity contribution in [2.24, 2.45) is 5.41 Å². The van der Waals surface area contributed by atoms with Gasteiger partial charge in [0.1, 0.15) is 5.82 Å². The van der Waals surface area contributed by atoms with Crippen molar-refractivity contribution in [2.45, 2.75) is 25.7 Å². The average Bonchev–Trinajstić information content (AvgIpc) is 3.04. The smallest absolute Gasteiger partial charge is 0.250 e. The molecular weight excluding hydrogens is 387 g/mol. The summed E-state index contributed by atoms with van der Waals surface area (Å²) < 4.78 is 42.0. The van der Waals surface area contributed by atoms with Crippen molar-refractivity contribution < 1.29 is 22.8 Å². The number of fused-ring (bicyclic) bond motifs is 1. The number of benzene rings is 1. The minimum absolute atomic E-state index is 0.164. The fourth-order valence-electron chi connectivity index (χ4n) is 3.49. The van der Waals surface area contributed by atoms with E-state index in [0.717, 1.165) is 0 Å². The van der Waals surface area contributed by atoms with Crippen LogP contribution in [-0.4, -0.2) is 32.6 Å². The van der Waals surface area contributed by atoms with Gasteiger partial charge in [0.15, 0.2) is 0 Å². The van der Waals surface area contributed by atoms with Crippen LogP contribution in [0.4, 0.5) is 24.5 Å². The summed E-state index contributed by atoms with van der Waals surface area (Å²) in [7, 11) is 0. The number of hydrogen-bond donors (Lipinski definition) is 2. The van der Waals surface area contributed by atoms with E-state index in [1.165, 1.54) is 48.1 Å². The Labute approximate surface area is 163 Å². The van der Waals surface area contributed by atoms with Gasteiger partial charge < -0.3 is 10.6 Å². The zero-order valence-corrected chi connectivity index (χ0v) is 15.2. The third-order valence-corrected chi connectivity index (χ3v) is 4.88. The number of nitrogens with zero attached hydrogens (tertiary/aromatic N) is 3. The van der Waals surface area contributed by atoms with E-state index in [2.05, 4.69) is 20.6 Å². The fraction of sp³-hybridized carbons (Fsp3) is 0.263. The van der Waals surface area contributed by atoms with Gasteiger partial charge in [0, 0.05) is 36.5 Å². The first-order valence-electron chi connectivity index (χ1n) is 8.73. The maximum Gasteiger partial charge on any atom is 0.250 e. The van der Waals surface area contributed by atoms with E-state index in [1.54, 1.807) is 0 Å². The lowest BCUT2D eigenvalue weighted by Crippen LogP contribution is -2.51. The molecule has 4 rings (SSSR count). The monoisotopic (exact) mass is 403 g/mol. The molecule has 150 valence electrons. The van der Waals surface area contributed by atoms with Crippen LogP contribution in [-0.2, 0) is 9.59 Å². The van der Waals surface area contributed by atoms with Crippen LogP contribution in [0.25, 0.3) is 17.0 Å². The van der Waals surface area contributed by atoms with E-state index in [1.807, 2.05) is 0 Å². The van der Waals surface area contributed by atoms with Crippen LogP contribution in [0, 0.1) is 11.2 Å². The highest BCUT2D eigenvalue weighted by Gasteiger charge is 2.57. The zero-order valence-electron chi connectivity index (χ0n) is 15.2. The van der Waals surface area contributed by atoms with Gasteiger partial charge in [-0.3, -0.25) is 14.0 Å². The van der Waals surface area contributed by atoms with Crippen LogP contribution < -0.4 is 10.6 Å². The Bertz CT molecular complexity index is 1120. The lowest BCUT2D eigenvalue weighted by atomic mass is 9.67. The summed E-state index contributed by atoms with van der Waals surface area (Å²) in [6.45, 7) is 1.49. The van der Waals surface area contributed by atoms with Crippen molar-refractivity contribution in [1.29, 1.82) is 0 Å². The highest BCUT2D eigenvalue weighted by molar-refractivity contribution is 5.95. The Morgan fingerprint density at radius 3 is 2.69 bits per heavy atom. The van der Waals surface area contributed by atoms with E-state index in [9.17, 15) is 22.8 Å². The summed E-state index contributed by atoms with van der Waals surface area (Å²) in [4.78, 5) is 31.3. The minimum atomic E-state index is -2.81. The molecule has 0 unspecified atom stereocenters. The number of anilines is 2. The Balaban J connectivity index is 1.59. The number of carbonyl (C=O) groups is 2. The molecule has 1 fully saturated rings. The molecule has 2 N–H and O–H groups in total. The molecule has 0 bridgehead atoms. The van der Waals surface area contributed by atoms with Gasteiger partial charge in [-0.15, -0.1) is 0 Å². The molecule has 1 saturated carbocycles. The van der Waals surface area contributed by atoms with E-state index in [0.29, 0.717) is 17.8 Å². The SMILES string of the molecule is CC1(C(=O)Nc2cnc3nc(-c4cc(NC=O)ccc4F)cn3c2)CC(F)(F)C1. The van der Waals surface area contributed by atoms with Crippen LogP contribution >= 0.6 is 0 Å². The molecule has 3 aromatic rings. The molecule has 7 nitrogen and oxygen atoms in total. The third-order valence-electron chi connectivity index (χ3n) is 4.88. The molecule has 2 aromatic heterocycles. The summed E-state index contributed by atoms with van der Waals surface area (Å²) in [6, 6.07) is 4.06. The second kappa shape index (κ2) is 6.57. The van der Waals surface area contributed by atoms with E-state index in [-0.39, 0.29) is 17.0 Å². The second-order valence-electron chi connectivity index (χ2n) is 7.36. The fourth-order valence-corrected chi connectivity index (χ4v) is 3.49. The van der Waals surface area contributed by atoms with Gasteiger partial charge in [0.25, 0.3) is 0 Å². The van der Waals surface area contributed by atoms with Gasteiger partial charge >= 0.3 is 0 Å². The van der Waals surface area contributed by atoms with Gasteiger partial charge in [-0.25, -0.2) is 23.1 Å². The summed E-state index contributed by atoms with van der Waals surface area (Å²) in [5.74, 6) is -3.60. The van der Waals surface area contributed by atoms with Crippen LogP contribution in [0.5, 0.6) is 0 Å². The molecule has 1 aliphatic carbocycles. The normalized spacial score (nSPS) is 16.8. The third kappa shape index (κ3) is 3.53.